The van der Waals surface area contributed by atoms with Gasteiger partial charge >= 0.3 is 0 Å². The number of aryl methyl sites for hydroxylation is 2. The van der Waals surface area contributed by atoms with Crippen LogP contribution >= 0.6 is 11.3 Å². The zero-order valence-electron chi connectivity index (χ0n) is 15.5. The van der Waals surface area contributed by atoms with Crippen LogP contribution < -0.4 is 5.32 Å². The second-order valence-corrected chi connectivity index (χ2v) is 8.00. The molecular formula is C20H28N4S. The fourth-order valence-corrected chi connectivity index (χ4v) is 4.17. The number of benzene rings is 1. The molecule has 3 rings (SSSR count). The zero-order chi connectivity index (χ0) is 17.6. The van der Waals surface area contributed by atoms with E-state index in [1.165, 1.54) is 16.9 Å². The molecule has 1 atom stereocenters. The number of thiazole rings is 1. The van der Waals surface area contributed by atoms with Gasteiger partial charge in [0.2, 0.25) is 0 Å². The van der Waals surface area contributed by atoms with E-state index in [1.54, 1.807) is 11.3 Å². The molecule has 1 N–H and O–H groups in total. The highest BCUT2D eigenvalue weighted by atomic mass is 32.1. The van der Waals surface area contributed by atoms with Gasteiger partial charge in [0, 0.05) is 24.5 Å². The zero-order valence-corrected chi connectivity index (χ0v) is 16.3. The monoisotopic (exact) mass is 356 g/mol. The highest BCUT2D eigenvalue weighted by Crippen LogP contribution is 2.22. The minimum atomic E-state index is 0.668. The van der Waals surface area contributed by atoms with Crippen molar-refractivity contribution in [3.8, 4) is 0 Å². The van der Waals surface area contributed by atoms with Crippen molar-refractivity contribution in [2.75, 3.05) is 19.6 Å². The molecule has 1 fully saturated rings. The molecule has 1 unspecified atom stereocenters. The highest BCUT2D eigenvalue weighted by molar-refractivity contribution is 7.11. The molecule has 0 saturated carbocycles. The smallest absolute Gasteiger partial charge is 0.194 e. The molecule has 2 heterocycles. The summed E-state index contributed by atoms with van der Waals surface area (Å²) in [5.74, 6) is 1.74. The maximum Gasteiger partial charge on any atom is 0.194 e. The van der Waals surface area contributed by atoms with Gasteiger partial charge in [-0.15, -0.1) is 11.3 Å². The minimum Gasteiger partial charge on any atom is -0.357 e. The van der Waals surface area contributed by atoms with Crippen LogP contribution in [0, 0.1) is 19.8 Å². The number of guanidine groups is 1. The molecule has 1 saturated heterocycles. The number of hydrogen-bond donors (Lipinski definition) is 1. The Bertz CT molecular complexity index is 688. The van der Waals surface area contributed by atoms with Crippen molar-refractivity contribution in [1.82, 2.24) is 15.2 Å². The molecule has 0 radical (unpaired) electrons. The Labute approximate surface area is 155 Å². The third-order valence-corrected chi connectivity index (χ3v) is 5.78. The molecular weight excluding hydrogens is 328 g/mol. The number of rotatable bonds is 5. The van der Waals surface area contributed by atoms with E-state index in [-0.39, 0.29) is 0 Å². The first-order valence-corrected chi connectivity index (χ1v) is 9.97. The highest BCUT2D eigenvalue weighted by Gasteiger charge is 2.25. The first-order valence-electron chi connectivity index (χ1n) is 9.15. The quantitative estimate of drug-likeness (QED) is 0.654. The first kappa shape index (κ1) is 17.9. The number of aromatic nitrogens is 1. The molecule has 1 aromatic carbocycles. The maximum absolute atomic E-state index is 4.84. The summed E-state index contributed by atoms with van der Waals surface area (Å²) in [5, 5.41) is 4.56. The van der Waals surface area contributed by atoms with Gasteiger partial charge in [0.1, 0.15) is 5.01 Å². The lowest BCUT2D eigenvalue weighted by atomic mass is 9.99. The summed E-state index contributed by atoms with van der Waals surface area (Å²) in [4.78, 5) is 13.1. The van der Waals surface area contributed by atoms with Gasteiger partial charge in [0.05, 0.1) is 12.2 Å². The van der Waals surface area contributed by atoms with Crippen molar-refractivity contribution in [1.29, 1.82) is 0 Å². The van der Waals surface area contributed by atoms with E-state index in [4.69, 9.17) is 4.99 Å². The Balaban J connectivity index is 1.61. The van der Waals surface area contributed by atoms with Crippen LogP contribution in [0.15, 0.2) is 35.3 Å². The summed E-state index contributed by atoms with van der Waals surface area (Å²) < 4.78 is 0. The molecule has 134 valence electrons. The maximum atomic E-state index is 4.84. The molecule has 0 amide bonds. The fraction of sp³-hybridized carbons (Fsp3) is 0.500. The molecule has 4 nitrogen and oxygen atoms in total. The summed E-state index contributed by atoms with van der Waals surface area (Å²) in [5.41, 5.74) is 2.56. The van der Waals surface area contributed by atoms with Crippen molar-refractivity contribution < 1.29 is 0 Å². The molecule has 5 heteroatoms. The van der Waals surface area contributed by atoms with Crippen LogP contribution in [0.1, 0.15) is 34.5 Å². The summed E-state index contributed by atoms with van der Waals surface area (Å²) in [6.45, 7) is 10.1. The molecule has 1 aliphatic rings. The van der Waals surface area contributed by atoms with E-state index in [1.807, 2.05) is 0 Å². The van der Waals surface area contributed by atoms with Gasteiger partial charge in [-0.25, -0.2) is 9.98 Å². The van der Waals surface area contributed by atoms with Crippen molar-refractivity contribution in [2.24, 2.45) is 10.9 Å². The van der Waals surface area contributed by atoms with Gasteiger partial charge in [-0.1, -0.05) is 30.3 Å². The summed E-state index contributed by atoms with van der Waals surface area (Å²) in [6, 6.07) is 10.8. The average molecular weight is 357 g/mol. The van der Waals surface area contributed by atoms with Crippen LogP contribution in [-0.2, 0) is 13.0 Å². The molecule has 2 aromatic rings. The second-order valence-electron chi connectivity index (χ2n) is 6.71. The summed E-state index contributed by atoms with van der Waals surface area (Å²) in [6.07, 6.45) is 2.39. The Morgan fingerprint density at radius 1 is 1.32 bits per heavy atom. The number of hydrogen-bond acceptors (Lipinski definition) is 3. The lowest BCUT2D eigenvalue weighted by Gasteiger charge is -2.21. The Morgan fingerprint density at radius 3 is 2.80 bits per heavy atom. The number of aliphatic imine (C=N–C) groups is 1. The predicted octanol–water partition coefficient (Wildman–Crippen LogP) is 3.79. The lowest BCUT2D eigenvalue weighted by molar-refractivity contribution is 0.460. The minimum absolute atomic E-state index is 0.668. The van der Waals surface area contributed by atoms with Crippen LogP contribution in [0.5, 0.6) is 0 Å². The number of nitrogens with zero attached hydrogens (tertiary/aromatic N) is 3. The SMILES string of the molecule is CCNC(=NCc1nc(C)c(C)s1)N1CCC(Cc2ccccc2)C1. The number of nitrogens with one attached hydrogen (secondary N) is 1. The number of likely N-dealkylation sites (tertiary alicyclic amines) is 1. The molecule has 0 aliphatic carbocycles. The predicted molar refractivity (Wildman–Crippen MR) is 106 cm³/mol. The van der Waals surface area contributed by atoms with Crippen molar-refractivity contribution >= 4 is 17.3 Å². The lowest BCUT2D eigenvalue weighted by Crippen LogP contribution is -2.40. The third kappa shape index (κ3) is 4.82. The molecule has 1 aromatic heterocycles. The summed E-state index contributed by atoms with van der Waals surface area (Å²) in [7, 11) is 0. The second kappa shape index (κ2) is 8.48. The van der Waals surface area contributed by atoms with Gasteiger partial charge in [0.15, 0.2) is 5.96 Å². The van der Waals surface area contributed by atoms with Gasteiger partial charge in [-0.05, 0) is 45.1 Å². The van der Waals surface area contributed by atoms with Crippen molar-refractivity contribution in [3.05, 3.63) is 51.5 Å². The standard InChI is InChI=1S/C20H28N4S/c1-4-21-20(22-13-19-23-15(2)16(3)25-19)24-11-10-18(14-24)12-17-8-6-5-7-9-17/h5-9,18H,4,10-14H2,1-3H3,(H,21,22). The Hall–Kier alpha value is -1.88. The average Bonchev–Trinajstić information content (AvgIpc) is 3.19. The molecule has 0 bridgehead atoms. The van der Waals surface area contributed by atoms with Crippen LogP contribution in [0.2, 0.25) is 0 Å². The van der Waals surface area contributed by atoms with E-state index in [0.717, 1.165) is 42.7 Å². The van der Waals surface area contributed by atoms with Gasteiger partial charge in [-0.3, -0.25) is 0 Å². The van der Waals surface area contributed by atoms with E-state index < -0.39 is 0 Å². The van der Waals surface area contributed by atoms with Crippen LogP contribution in [0.3, 0.4) is 0 Å². The van der Waals surface area contributed by atoms with Crippen molar-refractivity contribution in [2.45, 2.75) is 40.2 Å². The van der Waals surface area contributed by atoms with Crippen LogP contribution in [0.4, 0.5) is 0 Å². The first-order chi connectivity index (χ1) is 12.2. The summed E-state index contributed by atoms with van der Waals surface area (Å²) >= 11 is 1.75. The molecule has 25 heavy (non-hydrogen) atoms. The normalized spacial score (nSPS) is 18.0. The Morgan fingerprint density at radius 2 is 2.12 bits per heavy atom. The van der Waals surface area contributed by atoms with Crippen LogP contribution in [0.25, 0.3) is 0 Å². The topological polar surface area (TPSA) is 40.5 Å². The largest absolute Gasteiger partial charge is 0.357 e. The van der Waals surface area contributed by atoms with E-state index >= 15 is 0 Å². The van der Waals surface area contributed by atoms with E-state index in [0.29, 0.717) is 12.5 Å². The van der Waals surface area contributed by atoms with Crippen molar-refractivity contribution in [3.63, 3.8) is 0 Å². The van der Waals surface area contributed by atoms with Crippen LogP contribution in [-0.4, -0.2) is 35.5 Å². The van der Waals surface area contributed by atoms with Gasteiger partial charge in [0.25, 0.3) is 0 Å². The van der Waals surface area contributed by atoms with E-state index in [9.17, 15) is 0 Å². The third-order valence-electron chi connectivity index (χ3n) is 4.72. The molecule has 1 aliphatic heterocycles. The van der Waals surface area contributed by atoms with E-state index in [2.05, 4.69) is 66.3 Å². The molecule has 0 spiro atoms. The van der Waals surface area contributed by atoms with Gasteiger partial charge in [-0.2, -0.15) is 0 Å². The van der Waals surface area contributed by atoms with Gasteiger partial charge < -0.3 is 10.2 Å². The fourth-order valence-electron chi connectivity index (χ4n) is 3.31. The Kier molecular flexibility index (Phi) is 6.08.